The fourth-order valence-electron chi connectivity index (χ4n) is 4.94. The van der Waals surface area contributed by atoms with Gasteiger partial charge in [-0.3, -0.25) is 4.79 Å². The van der Waals surface area contributed by atoms with Crippen molar-refractivity contribution in [3.8, 4) is 11.6 Å². The summed E-state index contributed by atoms with van der Waals surface area (Å²) >= 11 is 6.07. The Morgan fingerprint density at radius 3 is 2.69 bits per heavy atom. The molecule has 2 aliphatic rings. The first-order valence-corrected chi connectivity index (χ1v) is 12.1. The molecule has 1 aromatic heterocycles. The number of aliphatic hydroxyl groups excluding tert-OH is 2. The molecule has 35 heavy (non-hydrogen) atoms. The second-order valence-electron chi connectivity index (χ2n) is 8.86. The summed E-state index contributed by atoms with van der Waals surface area (Å²) in [4.78, 5) is 16.8. The minimum atomic E-state index is -1.23. The van der Waals surface area contributed by atoms with Gasteiger partial charge in [-0.05, 0) is 49.1 Å². The topological polar surface area (TPSA) is 78.2 Å². The van der Waals surface area contributed by atoms with E-state index < -0.39 is 18.1 Å². The maximum atomic E-state index is 13.9. The smallest absolute Gasteiger partial charge is 0.247 e. The minimum absolute atomic E-state index is 0.0859. The highest BCUT2D eigenvalue weighted by atomic mass is 35.5. The molecule has 2 aliphatic heterocycles. The molecule has 0 saturated carbocycles. The zero-order valence-electron chi connectivity index (χ0n) is 19.1. The van der Waals surface area contributed by atoms with Gasteiger partial charge in [-0.25, -0.2) is 4.39 Å². The number of rotatable bonds is 7. The first-order chi connectivity index (χ1) is 17.0. The third-order valence-electron chi connectivity index (χ3n) is 6.58. The van der Waals surface area contributed by atoms with Gasteiger partial charge in [0.2, 0.25) is 11.8 Å². The standard InChI is InChI=1S/C26H27ClFN3O4/c27-18-9-7-17(8-10-18)16-31-23(35-20-5-1-4-19(28)14-20)15-22-24(31)26(34)30(12-3-13-32)25(33)21-6-2-11-29(21)22/h1,4-5,7-10,14-15,21,26,32,34H,2-3,6,11-13,16H2. The largest absolute Gasteiger partial charge is 0.441 e. The number of amides is 1. The number of benzene rings is 2. The van der Waals surface area contributed by atoms with Crippen LogP contribution in [0.25, 0.3) is 0 Å². The lowest BCUT2D eigenvalue weighted by atomic mass is 10.2. The van der Waals surface area contributed by atoms with E-state index in [4.69, 9.17) is 16.3 Å². The molecule has 2 aromatic carbocycles. The fourth-order valence-corrected chi connectivity index (χ4v) is 5.07. The lowest BCUT2D eigenvalue weighted by Crippen LogP contribution is -2.45. The first kappa shape index (κ1) is 23.7. The van der Waals surface area contributed by atoms with E-state index in [0.29, 0.717) is 48.3 Å². The zero-order valence-corrected chi connectivity index (χ0v) is 19.9. The average molecular weight is 500 g/mol. The van der Waals surface area contributed by atoms with E-state index in [1.807, 2.05) is 27.7 Å². The molecular formula is C26H27ClFN3O4. The predicted molar refractivity (Wildman–Crippen MR) is 130 cm³/mol. The highest BCUT2D eigenvalue weighted by Crippen LogP contribution is 2.44. The first-order valence-electron chi connectivity index (χ1n) is 11.7. The van der Waals surface area contributed by atoms with Crippen molar-refractivity contribution in [2.45, 2.75) is 38.1 Å². The molecule has 3 heterocycles. The van der Waals surface area contributed by atoms with Crippen molar-refractivity contribution < 1.29 is 24.1 Å². The number of halogens is 2. The van der Waals surface area contributed by atoms with Gasteiger partial charge in [-0.15, -0.1) is 0 Å². The Labute approximate surface area is 207 Å². The summed E-state index contributed by atoms with van der Waals surface area (Å²) in [6.07, 6.45) is 0.660. The van der Waals surface area contributed by atoms with E-state index in [1.165, 1.54) is 17.0 Å². The molecular weight excluding hydrogens is 473 g/mol. The summed E-state index contributed by atoms with van der Waals surface area (Å²) in [6, 6.07) is 14.7. The normalized spacial score (nSPS) is 19.5. The molecule has 7 nitrogen and oxygen atoms in total. The number of carbonyl (C=O) groups is 1. The van der Waals surface area contributed by atoms with E-state index in [-0.39, 0.29) is 19.1 Å². The van der Waals surface area contributed by atoms with Crippen molar-refractivity contribution in [1.82, 2.24) is 9.47 Å². The Bertz CT molecular complexity index is 1220. The molecule has 3 aromatic rings. The molecule has 0 radical (unpaired) electrons. The van der Waals surface area contributed by atoms with Gasteiger partial charge in [0.15, 0.2) is 6.23 Å². The molecule has 2 unspecified atom stereocenters. The number of carbonyl (C=O) groups excluding carboxylic acids is 1. The van der Waals surface area contributed by atoms with Gasteiger partial charge in [0, 0.05) is 36.9 Å². The van der Waals surface area contributed by atoms with Crippen LogP contribution in [0, 0.1) is 5.82 Å². The maximum Gasteiger partial charge on any atom is 0.247 e. The summed E-state index contributed by atoms with van der Waals surface area (Å²) in [7, 11) is 0. The highest BCUT2D eigenvalue weighted by molar-refractivity contribution is 6.30. The Morgan fingerprint density at radius 2 is 1.94 bits per heavy atom. The summed E-state index contributed by atoms with van der Waals surface area (Å²) in [6.45, 7) is 1.16. The Kier molecular flexibility index (Phi) is 6.69. The van der Waals surface area contributed by atoms with Crippen LogP contribution in [-0.4, -0.2) is 51.3 Å². The van der Waals surface area contributed by atoms with E-state index in [1.54, 1.807) is 24.3 Å². The molecule has 0 bridgehead atoms. The molecule has 1 saturated heterocycles. The molecule has 9 heteroatoms. The van der Waals surface area contributed by atoms with E-state index in [0.717, 1.165) is 17.7 Å². The molecule has 1 amide bonds. The van der Waals surface area contributed by atoms with Crippen molar-refractivity contribution in [3.05, 3.63) is 76.7 Å². The van der Waals surface area contributed by atoms with E-state index in [9.17, 15) is 19.4 Å². The summed E-state index contributed by atoms with van der Waals surface area (Å²) in [5.41, 5.74) is 2.17. The molecule has 0 aliphatic carbocycles. The quantitative estimate of drug-likeness (QED) is 0.506. The number of aliphatic hydroxyl groups is 2. The van der Waals surface area contributed by atoms with Crippen molar-refractivity contribution >= 4 is 23.2 Å². The van der Waals surface area contributed by atoms with Gasteiger partial charge < -0.3 is 29.3 Å². The number of hydrogen-bond donors (Lipinski definition) is 2. The number of fused-ring (bicyclic) bond motifs is 3. The zero-order chi connectivity index (χ0) is 24.5. The monoisotopic (exact) mass is 499 g/mol. The molecule has 5 rings (SSSR count). The minimum Gasteiger partial charge on any atom is -0.441 e. The number of hydrogen-bond acceptors (Lipinski definition) is 5. The van der Waals surface area contributed by atoms with Crippen LogP contribution in [0.5, 0.6) is 11.6 Å². The highest BCUT2D eigenvalue weighted by Gasteiger charge is 2.43. The third kappa shape index (κ3) is 4.61. The van der Waals surface area contributed by atoms with Crippen molar-refractivity contribution in [2.75, 3.05) is 24.6 Å². The SMILES string of the molecule is O=C1C2CCCN2c2cc(Oc3cccc(F)c3)n(Cc3ccc(Cl)cc3)c2C(O)N1CCCO. The van der Waals surface area contributed by atoms with Crippen molar-refractivity contribution in [1.29, 1.82) is 0 Å². The van der Waals surface area contributed by atoms with Crippen LogP contribution in [0.4, 0.5) is 10.1 Å². The van der Waals surface area contributed by atoms with Gasteiger partial charge in [-0.2, -0.15) is 0 Å². The van der Waals surface area contributed by atoms with Gasteiger partial charge in [0.1, 0.15) is 17.6 Å². The second-order valence-corrected chi connectivity index (χ2v) is 9.30. The molecule has 0 spiro atoms. The van der Waals surface area contributed by atoms with E-state index >= 15 is 0 Å². The maximum absolute atomic E-state index is 13.9. The van der Waals surface area contributed by atoms with Crippen molar-refractivity contribution in [2.24, 2.45) is 0 Å². The van der Waals surface area contributed by atoms with Crippen molar-refractivity contribution in [3.63, 3.8) is 0 Å². The molecule has 2 atom stereocenters. The number of aromatic nitrogens is 1. The Morgan fingerprint density at radius 1 is 1.14 bits per heavy atom. The number of ether oxygens (including phenoxy) is 1. The predicted octanol–water partition coefficient (Wildman–Crippen LogP) is 4.31. The van der Waals surface area contributed by atoms with Crippen LogP contribution >= 0.6 is 11.6 Å². The lowest BCUT2D eigenvalue weighted by Gasteiger charge is -2.29. The molecule has 184 valence electrons. The van der Waals surface area contributed by atoms with Crippen LogP contribution in [0.1, 0.15) is 36.7 Å². The number of anilines is 1. The van der Waals surface area contributed by atoms with Crippen LogP contribution in [0.15, 0.2) is 54.6 Å². The van der Waals surface area contributed by atoms with E-state index in [2.05, 4.69) is 0 Å². The van der Waals surface area contributed by atoms with Crippen LogP contribution < -0.4 is 9.64 Å². The third-order valence-corrected chi connectivity index (χ3v) is 6.83. The van der Waals surface area contributed by atoms with Gasteiger partial charge in [0.05, 0.1) is 17.9 Å². The second kappa shape index (κ2) is 9.89. The van der Waals surface area contributed by atoms with Gasteiger partial charge in [-0.1, -0.05) is 29.8 Å². The lowest BCUT2D eigenvalue weighted by molar-refractivity contribution is -0.143. The Hall–Kier alpha value is -3.07. The average Bonchev–Trinajstić information content (AvgIpc) is 3.44. The molecule has 2 N–H and O–H groups in total. The number of nitrogens with zero attached hydrogens (tertiary/aromatic N) is 3. The summed E-state index contributed by atoms with van der Waals surface area (Å²) in [5, 5.41) is 21.5. The van der Waals surface area contributed by atoms with Gasteiger partial charge in [0.25, 0.3) is 0 Å². The van der Waals surface area contributed by atoms with Gasteiger partial charge >= 0.3 is 0 Å². The van der Waals surface area contributed by atoms with Crippen LogP contribution in [-0.2, 0) is 11.3 Å². The summed E-state index contributed by atoms with van der Waals surface area (Å²) in [5.74, 6) is 0.193. The van der Waals surface area contributed by atoms with Crippen LogP contribution in [0.3, 0.4) is 0 Å². The Balaban J connectivity index is 1.64. The summed E-state index contributed by atoms with van der Waals surface area (Å²) < 4.78 is 21.8. The molecule has 1 fully saturated rings. The fraction of sp³-hybridized carbons (Fsp3) is 0.346. The van der Waals surface area contributed by atoms with Crippen LogP contribution in [0.2, 0.25) is 5.02 Å².